The van der Waals surface area contributed by atoms with E-state index in [9.17, 15) is 14.4 Å². The summed E-state index contributed by atoms with van der Waals surface area (Å²) in [5.41, 5.74) is 1.54. The third kappa shape index (κ3) is 3.10. The average Bonchev–Trinajstić information content (AvgIpc) is 2.97. The summed E-state index contributed by atoms with van der Waals surface area (Å²) in [7, 11) is 3.20. The van der Waals surface area contributed by atoms with Crippen molar-refractivity contribution in [2.24, 2.45) is 14.1 Å². The first-order chi connectivity index (χ1) is 11.9. The Labute approximate surface area is 143 Å². The first-order valence-electron chi connectivity index (χ1n) is 7.81. The van der Waals surface area contributed by atoms with Gasteiger partial charge in [-0.3, -0.25) is 14.2 Å². The number of carbonyl (C=O) groups excluding carboxylic acids is 1. The lowest BCUT2D eigenvalue weighted by atomic mass is 10.1. The number of benzene rings is 1. The zero-order valence-corrected chi connectivity index (χ0v) is 14.3. The number of hydrogen-bond donors (Lipinski definition) is 1. The molecule has 25 heavy (non-hydrogen) atoms. The maximum atomic E-state index is 12.5. The molecule has 0 saturated heterocycles. The Kier molecular flexibility index (Phi) is 4.26. The van der Waals surface area contributed by atoms with Crippen molar-refractivity contribution in [2.75, 3.05) is 0 Å². The minimum atomic E-state index is -0.568. The molecular formula is C17H19N5O3. The van der Waals surface area contributed by atoms with Gasteiger partial charge in [0, 0.05) is 20.6 Å². The quantitative estimate of drug-likeness (QED) is 0.726. The Balaban J connectivity index is 1.85. The van der Waals surface area contributed by atoms with Gasteiger partial charge >= 0.3 is 5.69 Å². The summed E-state index contributed by atoms with van der Waals surface area (Å²) in [6.07, 6.45) is 1.47. The van der Waals surface area contributed by atoms with E-state index in [1.807, 2.05) is 31.2 Å². The van der Waals surface area contributed by atoms with Gasteiger partial charge in [0.25, 0.3) is 5.56 Å². The lowest BCUT2D eigenvalue weighted by molar-refractivity contribution is -0.121. The van der Waals surface area contributed by atoms with E-state index in [0.717, 1.165) is 15.7 Å². The van der Waals surface area contributed by atoms with E-state index >= 15 is 0 Å². The number of carbonyl (C=O) groups is 1. The normalized spacial score (nSPS) is 11.0. The highest BCUT2D eigenvalue weighted by atomic mass is 16.2. The van der Waals surface area contributed by atoms with E-state index in [0.29, 0.717) is 12.2 Å². The summed E-state index contributed by atoms with van der Waals surface area (Å²) in [5, 5.41) is 2.74. The second-order valence-corrected chi connectivity index (χ2v) is 6.03. The van der Waals surface area contributed by atoms with Gasteiger partial charge in [-0.15, -0.1) is 0 Å². The second kappa shape index (κ2) is 6.39. The number of nitrogens with one attached hydrogen (secondary N) is 1. The molecule has 0 aliphatic rings. The Bertz CT molecular complexity index is 1070. The molecule has 0 spiro atoms. The fourth-order valence-corrected chi connectivity index (χ4v) is 2.76. The summed E-state index contributed by atoms with van der Waals surface area (Å²) in [4.78, 5) is 41.2. The maximum absolute atomic E-state index is 12.5. The Hall–Kier alpha value is -3.16. The molecule has 0 fully saturated rings. The van der Waals surface area contributed by atoms with Crippen LogP contribution in [0.5, 0.6) is 0 Å². The predicted molar refractivity (Wildman–Crippen MR) is 93.2 cm³/mol. The second-order valence-electron chi connectivity index (χ2n) is 6.03. The molecule has 1 aromatic carbocycles. The first kappa shape index (κ1) is 16.7. The summed E-state index contributed by atoms with van der Waals surface area (Å²) in [6.45, 7) is 1.97. The van der Waals surface area contributed by atoms with Crippen LogP contribution in [0.25, 0.3) is 11.2 Å². The van der Waals surface area contributed by atoms with Crippen LogP contribution in [-0.2, 0) is 32.0 Å². The molecule has 0 bridgehead atoms. The topological polar surface area (TPSA) is 90.9 Å². The third-order valence-electron chi connectivity index (χ3n) is 4.07. The van der Waals surface area contributed by atoms with Gasteiger partial charge in [-0.25, -0.2) is 14.3 Å². The van der Waals surface area contributed by atoms with Crippen molar-refractivity contribution in [3.8, 4) is 0 Å². The average molecular weight is 341 g/mol. The van der Waals surface area contributed by atoms with Crippen LogP contribution in [0, 0.1) is 6.92 Å². The minimum Gasteiger partial charge on any atom is -0.350 e. The van der Waals surface area contributed by atoms with Crippen molar-refractivity contribution in [2.45, 2.75) is 20.0 Å². The molecule has 2 aromatic heterocycles. The monoisotopic (exact) mass is 341 g/mol. The molecule has 3 rings (SSSR count). The van der Waals surface area contributed by atoms with Gasteiger partial charge in [-0.1, -0.05) is 29.8 Å². The van der Waals surface area contributed by atoms with Gasteiger partial charge in [0.15, 0.2) is 11.2 Å². The van der Waals surface area contributed by atoms with Gasteiger partial charge in [0.1, 0.15) is 6.54 Å². The summed E-state index contributed by atoms with van der Waals surface area (Å²) in [5.74, 6) is -0.401. The molecule has 0 radical (unpaired) electrons. The molecule has 0 saturated carbocycles. The molecule has 2 heterocycles. The van der Waals surface area contributed by atoms with Gasteiger partial charge < -0.3 is 9.88 Å². The van der Waals surface area contributed by atoms with Crippen LogP contribution in [-0.4, -0.2) is 24.6 Å². The van der Waals surface area contributed by atoms with Crippen molar-refractivity contribution in [1.29, 1.82) is 0 Å². The standard InChI is InChI=1S/C17H19N5O3/c1-11-5-4-6-12(7-11)8-18-13(23)9-22-16(24)14-15(19-10-20(14)2)21(3)17(22)25/h4-7,10H,8-9H2,1-3H3,(H,18,23). The van der Waals surface area contributed by atoms with Crippen LogP contribution in [0.15, 0.2) is 40.2 Å². The number of fused-ring (bicyclic) bond motifs is 1. The highest BCUT2D eigenvalue weighted by molar-refractivity contribution is 5.76. The van der Waals surface area contributed by atoms with Crippen LogP contribution in [0.1, 0.15) is 11.1 Å². The number of amides is 1. The number of nitrogens with zero attached hydrogens (tertiary/aromatic N) is 4. The molecule has 0 unspecified atom stereocenters. The van der Waals surface area contributed by atoms with E-state index in [-0.39, 0.29) is 12.1 Å². The van der Waals surface area contributed by atoms with Crippen LogP contribution in [0.4, 0.5) is 0 Å². The molecular weight excluding hydrogens is 322 g/mol. The van der Waals surface area contributed by atoms with Crippen LogP contribution >= 0.6 is 0 Å². The first-order valence-corrected chi connectivity index (χ1v) is 7.81. The zero-order chi connectivity index (χ0) is 18.1. The lowest BCUT2D eigenvalue weighted by Gasteiger charge is -2.09. The number of aryl methyl sites for hydroxylation is 3. The van der Waals surface area contributed by atoms with Crippen LogP contribution in [0.2, 0.25) is 0 Å². The predicted octanol–water partition coefficient (Wildman–Crippen LogP) is 0.0585. The molecule has 8 heteroatoms. The summed E-state index contributed by atoms with van der Waals surface area (Å²) >= 11 is 0. The zero-order valence-electron chi connectivity index (χ0n) is 14.3. The Morgan fingerprint density at radius 2 is 2.00 bits per heavy atom. The number of imidazole rings is 1. The maximum Gasteiger partial charge on any atom is 0.332 e. The van der Waals surface area contributed by atoms with Crippen molar-refractivity contribution in [3.05, 3.63) is 62.6 Å². The van der Waals surface area contributed by atoms with Gasteiger partial charge in [0.2, 0.25) is 5.91 Å². The molecule has 0 aliphatic heterocycles. The highest BCUT2D eigenvalue weighted by Crippen LogP contribution is 2.04. The number of rotatable bonds is 4. The van der Waals surface area contributed by atoms with Crippen molar-refractivity contribution in [1.82, 2.24) is 24.0 Å². The molecule has 130 valence electrons. The Morgan fingerprint density at radius 3 is 2.72 bits per heavy atom. The fourth-order valence-electron chi connectivity index (χ4n) is 2.76. The van der Waals surface area contributed by atoms with Crippen molar-refractivity contribution < 1.29 is 4.79 Å². The van der Waals surface area contributed by atoms with Gasteiger partial charge in [-0.2, -0.15) is 0 Å². The smallest absolute Gasteiger partial charge is 0.332 e. The van der Waals surface area contributed by atoms with Gasteiger partial charge in [-0.05, 0) is 12.5 Å². The van der Waals surface area contributed by atoms with E-state index in [1.165, 1.54) is 22.5 Å². The third-order valence-corrected chi connectivity index (χ3v) is 4.07. The molecule has 1 N–H and O–H groups in total. The molecule has 8 nitrogen and oxygen atoms in total. The number of aromatic nitrogens is 4. The SMILES string of the molecule is Cc1cccc(CNC(=O)Cn2c(=O)c3c(ncn3C)n(C)c2=O)c1. The highest BCUT2D eigenvalue weighted by Gasteiger charge is 2.16. The summed E-state index contributed by atoms with van der Waals surface area (Å²) < 4.78 is 3.73. The fraction of sp³-hybridized carbons (Fsp3) is 0.294. The van der Waals surface area contributed by atoms with Crippen LogP contribution in [0.3, 0.4) is 0 Å². The minimum absolute atomic E-state index is 0.286. The Morgan fingerprint density at radius 1 is 1.24 bits per heavy atom. The van der Waals surface area contributed by atoms with Gasteiger partial charge in [0.05, 0.1) is 6.33 Å². The van der Waals surface area contributed by atoms with E-state index in [1.54, 1.807) is 7.05 Å². The van der Waals surface area contributed by atoms with E-state index in [2.05, 4.69) is 10.3 Å². The van der Waals surface area contributed by atoms with Crippen molar-refractivity contribution >= 4 is 17.1 Å². The van der Waals surface area contributed by atoms with E-state index in [4.69, 9.17) is 0 Å². The number of hydrogen-bond acceptors (Lipinski definition) is 4. The van der Waals surface area contributed by atoms with Crippen LogP contribution < -0.4 is 16.6 Å². The molecule has 1 amide bonds. The molecule has 3 aromatic rings. The molecule has 0 aliphatic carbocycles. The molecule has 0 atom stereocenters. The summed E-state index contributed by atoms with van der Waals surface area (Å²) in [6, 6.07) is 7.75. The largest absolute Gasteiger partial charge is 0.350 e. The van der Waals surface area contributed by atoms with Crippen molar-refractivity contribution in [3.63, 3.8) is 0 Å². The van der Waals surface area contributed by atoms with E-state index < -0.39 is 17.2 Å². The lowest BCUT2D eigenvalue weighted by Crippen LogP contribution is -2.43.